The Kier molecular flexibility index (Phi) is 6.39. The molecule has 2 amide bonds. The molecule has 0 aliphatic carbocycles. The Hall–Kier alpha value is -4.23. The number of hydrogen-bond donors (Lipinski definition) is 0. The number of carbonyl (C=O) groups excluding carboxylic acids is 1. The summed E-state index contributed by atoms with van der Waals surface area (Å²) in [5, 5.41) is 9.49. The van der Waals surface area contributed by atoms with Gasteiger partial charge in [0.1, 0.15) is 17.5 Å². The van der Waals surface area contributed by atoms with Gasteiger partial charge in [-0.15, -0.1) is 5.10 Å². The first-order valence-electron chi connectivity index (χ1n) is 11.8. The number of urea groups is 1. The molecule has 0 spiro atoms. The van der Waals surface area contributed by atoms with Gasteiger partial charge in [0.15, 0.2) is 11.6 Å². The SMILES string of the molecule is CCn1c(C)nn(-c2nc(N3CCN(C(=O)N4N=CCC4c4cc(F)cc(F)c4)CC3)ncc2F)c1=O. The molecule has 1 fully saturated rings. The van der Waals surface area contributed by atoms with E-state index >= 15 is 0 Å². The molecule has 14 heteroatoms. The third kappa shape index (κ3) is 4.54. The van der Waals surface area contributed by atoms with Crippen LogP contribution < -0.4 is 10.6 Å². The quantitative estimate of drug-likeness (QED) is 0.528. The summed E-state index contributed by atoms with van der Waals surface area (Å²) in [6.07, 6.45) is 2.87. The molecule has 2 aliphatic heterocycles. The van der Waals surface area contributed by atoms with Crippen molar-refractivity contribution in [2.75, 3.05) is 31.1 Å². The topological polar surface area (TPSA) is 105 Å². The zero-order chi connectivity index (χ0) is 26.3. The van der Waals surface area contributed by atoms with E-state index in [1.54, 1.807) is 29.9 Å². The van der Waals surface area contributed by atoms with Crippen LogP contribution in [0.15, 0.2) is 34.3 Å². The maximum absolute atomic E-state index is 14.5. The van der Waals surface area contributed by atoms with Gasteiger partial charge < -0.3 is 9.80 Å². The zero-order valence-corrected chi connectivity index (χ0v) is 20.2. The van der Waals surface area contributed by atoms with E-state index in [1.165, 1.54) is 21.7 Å². The molecule has 37 heavy (non-hydrogen) atoms. The summed E-state index contributed by atoms with van der Waals surface area (Å²) in [6.45, 7) is 5.07. The van der Waals surface area contributed by atoms with Gasteiger partial charge in [-0.3, -0.25) is 4.57 Å². The van der Waals surface area contributed by atoms with Crippen LogP contribution in [-0.2, 0) is 6.54 Å². The fourth-order valence-electron chi connectivity index (χ4n) is 4.53. The summed E-state index contributed by atoms with van der Waals surface area (Å²) >= 11 is 0. The summed E-state index contributed by atoms with van der Waals surface area (Å²) in [4.78, 5) is 37.4. The fourth-order valence-corrected chi connectivity index (χ4v) is 4.53. The van der Waals surface area contributed by atoms with Crippen molar-refractivity contribution >= 4 is 18.2 Å². The average molecular weight is 516 g/mol. The van der Waals surface area contributed by atoms with Crippen LogP contribution in [0.1, 0.15) is 30.8 Å². The Labute approximate surface area is 209 Å². The number of hydrazone groups is 1. The largest absolute Gasteiger partial charge is 0.352 e. The van der Waals surface area contributed by atoms with E-state index in [-0.39, 0.29) is 24.9 Å². The highest BCUT2D eigenvalue weighted by atomic mass is 19.1. The van der Waals surface area contributed by atoms with Crippen LogP contribution in [0.2, 0.25) is 0 Å². The maximum atomic E-state index is 14.5. The first kappa shape index (κ1) is 24.5. The Bertz CT molecular complexity index is 1410. The molecule has 11 nitrogen and oxygen atoms in total. The number of benzene rings is 1. The number of anilines is 1. The van der Waals surface area contributed by atoms with Crippen molar-refractivity contribution in [1.29, 1.82) is 0 Å². The average Bonchev–Trinajstić information content (AvgIpc) is 3.48. The normalized spacial score (nSPS) is 17.6. The number of nitrogens with zero attached hydrogens (tertiary/aromatic N) is 9. The van der Waals surface area contributed by atoms with Crippen LogP contribution in [0, 0.1) is 24.4 Å². The molecule has 1 atom stereocenters. The Morgan fingerprint density at radius 2 is 1.78 bits per heavy atom. The molecule has 194 valence electrons. The highest BCUT2D eigenvalue weighted by Gasteiger charge is 2.34. The monoisotopic (exact) mass is 515 g/mol. The minimum absolute atomic E-state index is 0.200. The van der Waals surface area contributed by atoms with Crippen LogP contribution in [0.5, 0.6) is 0 Å². The predicted molar refractivity (Wildman–Crippen MR) is 127 cm³/mol. The van der Waals surface area contributed by atoms with Gasteiger partial charge in [-0.1, -0.05) is 0 Å². The zero-order valence-electron chi connectivity index (χ0n) is 20.2. The van der Waals surface area contributed by atoms with Crippen molar-refractivity contribution in [3.63, 3.8) is 0 Å². The number of carbonyl (C=O) groups is 1. The smallest absolute Gasteiger partial charge is 0.337 e. The van der Waals surface area contributed by atoms with E-state index in [0.29, 0.717) is 37.4 Å². The summed E-state index contributed by atoms with van der Waals surface area (Å²) in [7, 11) is 0. The van der Waals surface area contributed by atoms with Crippen LogP contribution >= 0.6 is 0 Å². The van der Waals surface area contributed by atoms with Gasteiger partial charge in [-0.2, -0.15) is 14.8 Å². The van der Waals surface area contributed by atoms with E-state index in [1.807, 2.05) is 0 Å². The molecule has 2 aromatic heterocycles. The van der Waals surface area contributed by atoms with Gasteiger partial charge in [0.2, 0.25) is 5.95 Å². The van der Waals surface area contributed by atoms with Crippen LogP contribution in [0.4, 0.5) is 23.9 Å². The summed E-state index contributed by atoms with van der Waals surface area (Å²) in [6, 6.07) is 2.17. The number of halogens is 3. The first-order valence-corrected chi connectivity index (χ1v) is 11.8. The standard InChI is InChI=1S/C23H24F3N9O2/c1-3-33-14(2)30-35(23(33)37)20-18(26)13-27-21(29-20)31-6-8-32(9-7-31)22(36)34-19(4-5-28-34)15-10-16(24)12-17(25)11-15/h5,10-13,19H,3-4,6-9H2,1-2H3. The molecule has 5 rings (SSSR count). The predicted octanol–water partition coefficient (Wildman–Crippen LogP) is 2.24. The second kappa shape index (κ2) is 9.67. The van der Waals surface area contributed by atoms with Gasteiger partial charge in [0.25, 0.3) is 0 Å². The maximum Gasteiger partial charge on any atom is 0.352 e. The van der Waals surface area contributed by atoms with Crippen molar-refractivity contribution in [2.24, 2.45) is 5.10 Å². The minimum Gasteiger partial charge on any atom is -0.337 e. The Balaban J connectivity index is 1.30. The summed E-state index contributed by atoms with van der Waals surface area (Å²) in [5.41, 5.74) is -0.178. The van der Waals surface area contributed by atoms with Crippen LogP contribution in [0.3, 0.4) is 0 Å². The molecule has 3 aromatic rings. The lowest BCUT2D eigenvalue weighted by molar-refractivity contribution is 0.139. The lowest BCUT2D eigenvalue weighted by Crippen LogP contribution is -2.52. The van der Waals surface area contributed by atoms with E-state index in [9.17, 15) is 22.8 Å². The van der Waals surface area contributed by atoms with Gasteiger partial charge >= 0.3 is 11.7 Å². The van der Waals surface area contributed by atoms with Gasteiger partial charge in [-0.05, 0) is 31.5 Å². The molecule has 4 heterocycles. The van der Waals surface area contributed by atoms with Crippen molar-refractivity contribution in [3.8, 4) is 5.82 Å². The van der Waals surface area contributed by atoms with E-state index in [0.717, 1.165) is 16.9 Å². The molecule has 1 aromatic carbocycles. The van der Waals surface area contributed by atoms with E-state index in [4.69, 9.17) is 0 Å². The van der Waals surface area contributed by atoms with Crippen molar-refractivity contribution < 1.29 is 18.0 Å². The number of amides is 2. The van der Waals surface area contributed by atoms with Crippen molar-refractivity contribution in [1.82, 2.24) is 34.2 Å². The lowest BCUT2D eigenvalue weighted by atomic mass is 10.0. The second-order valence-electron chi connectivity index (χ2n) is 8.68. The highest BCUT2D eigenvalue weighted by Crippen LogP contribution is 2.30. The first-order chi connectivity index (χ1) is 17.8. The third-order valence-electron chi connectivity index (χ3n) is 6.41. The molecule has 0 N–H and O–H groups in total. The van der Waals surface area contributed by atoms with E-state index < -0.39 is 35.2 Å². The second-order valence-corrected chi connectivity index (χ2v) is 8.68. The molecular formula is C23H24F3N9O2. The van der Waals surface area contributed by atoms with Crippen LogP contribution in [0.25, 0.3) is 5.82 Å². The summed E-state index contributed by atoms with van der Waals surface area (Å²) < 4.78 is 44.3. The number of aromatic nitrogens is 5. The van der Waals surface area contributed by atoms with E-state index in [2.05, 4.69) is 20.2 Å². The van der Waals surface area contributed by atoms with Crippen LogP contribution in [-0.4, -0.2) is 72.6 Å². The molecule has 2 aliphatic rings. The third-order valence-corrected chi connectivity index (χ3v) is 6.41. The number of hydrogen-bond acceptors (Lipinski definition) is 7. The fraction of sp³-hybridized carbons (Fsp3) is 0.391. The lowest BCUT2D eigenvalue weighted by Gasteiger charge is -2.37. The molecule has 1 unspecified atom stereocenters. The number of rotatable bonds is 4. The number of piperazine rings is 1. The van der Waals surface area contributed by atoms with Gasteiger partial charge in [0.05, 0.1) is 12.2 Å². The molecule has 0 radical (unpaired) electrons. The van der Waals surface area contributed by atoms with Gasteiger partial charge in [-0.25, -0.2) is 32.8 Å². The van der Waals surface area contributed by atoms with Crippen molar-refractivity contribution in [2.45, 2.75) is 32.9 Å². The highest BCUT2D eigenvalue weighted by molar-refractivity contribution is 5.78. The molecule has 0 saturated carbocycles. The van der Waals surface area contributed by atoms with Gasteiger partial charge in [0, 0.05) is 51.4 Å². The Morgan fingerprint density at radius 1 is 1.08 bits per heavy atom. The summed E-state index contributed by atoms with van der Waals surface area (Å²) in [5.74, 6) is -1.84. The van der Waals surface area contributed by atoms with Crippen molar-refractivity contribution in [3.05, 3.63) is 63.7 Å². The Morgan fingerprint density at radius 3 is 2.43 bits per heavy atom. The molecule has 0 bridgehead atoms. The molecular weight excluding hydrogens is 491 g/mol. The molecule has 1 saturated heterocycles. The minimum atomic E-state index is -0.785. The number of aryl methyl sites for hydroxylation is 1.